The number of rotatable bonds is 3. The summed E-state index contributed by atoms with van der Waals surface area (Å²) in [7, 11) is 0. The molecule has 0 saturated heterocycles. The van der Waals surface area contributed by atoms with Gasteiger partial charge in [0.2, 0.25) is 0 Å². The summed E-state index contributed by atoms with van der Waals surface area (Å²) in [5.74, 6) is 0. The van der Waals surface area contributed by atoms with Gasteiger partial charge < -0.3 is 5.73 Å². The summed E-state index contributed by atoms with van der Waals surface area (Å²) in [6.45, 7) is 11.9. The highest BCUT2D eigenvalue weighted by Crippen LogP contribution is 2.26. The van der Waals surface area contributed by atoms with Crippen LogP contribution in [0.1, 0.15) is 45.7 Å². The molecule has 0 aromatic heterocycles. The number of benzene rings is 1. The van der Waals surface area contributed by atoms with Crippen molar-refractivity contribution in [3.05, 3.63) is 35.4 Å². The van der Waals surface area contributed by atoms with Crippen LogP contribution < -0.4 is 5.73 Å². The molecule has 0 unspecified atom stereocenters. The van der Waals surface area contributed by atoms with Crippen LogP contribution in [0.5, 0.6) is 0 Å². The lowest BCUT2D eigenvalue weighted by atomic mass is 9.81. The Morgan fingerprint density at radius 1 is 1.06 bits per heavy atom. The zero-order valence-electron chi connectivity index (χ0n) is 11.3. The minimum absolute atomic E-state index is 0.0773. The first-order valence-corrected chi connectivity index (χ1v) is 6.04. The van der Waals surface area contributed by atoms with Crippen LogP contribution in [0.2, 0.25) is 0 Å². The highest BCUT2D eigenvalue weighted by atomic mass is 14.6. The highest BCUT2D eigenvalue weighted by molar-refractivity contribution is 5.30. The van der Waals surface area contributed by atoms with E-state index in [1.165, 1.54) is 11.1 Å². The maximum atomic E-state index is 5.82. The lowest BCUT2D eigenvalue weighted by molar-refractivity contribution is 0.410. The summed E-state index contributed by atoms with van der Waals surface area (Å²) in [4.78, 5) is 0. The maximum absolute atomic E-state index is 5.82. The minimum Gasteiger partial charge on any atom is -0.330 e. The van der Waals surface area contributed by atoms with Crippen molar-refractivity contribution in [2.24, 2.45) is 11.1 Å². The van der Waals surface area contributed by atoms with Crippen LogP contribution in [0.25, 0.3) is 0 Å². The molecule has 1 heteroatoms. The first-order chi connectivity index (χ1) is 7.24. The molecule has 1 aromatic carbocycles. The van der Waals surface area contributed by atoms with Gasteiger partial charge in [-0.2, -0.15) is 0 Å². The van der Waals surface area contributed by atoms with Crippen LogP contribution in [-0.4, -0.2) is 6.54 Å². The van der Waals surface area contributed by atoms with Gasteiger partial charge in [0, 0.05) is 12.0 Å². The van der Waals surface area contributed by atoms with Gasteiger partial charge in [0.25, 0.3) is 0 Å². The van der Waals surface area contributed by atoms with Gasteiger partial charge in [0.05, 0.1) is 0 Å². The van der Waals surface area contributed by atoms with E-state index in [2.05, 4.69) is 58.9 Å². The molecule has 0 fully saturated rings. The Morgan fingerprint density at radius 2 is 1.69 bits per heavy atom. The minimum atomic E-state index is 0.0773. The summed E-state index contributed by atoms with van der Waals surface area (Å²) in [5, 5.41) is 0. The number of nitrogens with two attached hydrogens (primary N) is 1. The monoisotopic (exact) mass is 219 g/mol. The standard InChI is InChI=1S/C15H25N/c1-14(2,3)10-12-7-6-8-13(9-12)15(4,5)11-16/h6-9H,10-11,16H2,1-5H3. The summed E-state index contributed by atoms with van der Waals surface area (Å²) >= 11 is 0. The van der Waals surface area contributed by atoms with E-state index in [4.69, 9.17) is 5.73 Å². The normalized spacial score (nSPS) is 12.9. The molecule has 1 nitrogen and oxygen atoms in total. The number of hydrogen-bond acceptors (Lipinski definition) is 1. The van der Waals surface area contributed by atoms with Gasteiger partial charge >= 0.3 is 0 Å². The van der Waals surface area contributed by atoms with Gasteiger partial charge in [-0.25, -0.2) is 0 Å². The van der Waals surface area contributed by atoms with Gasteiger partial charge in [0.1, 0.15) is 0 Å². The zero-order chi connectivity index (χ0) is 12.4. The molecule has 90 valence electrons. The fraction of sp³-hybridized carbons (Fsp3) is 0.600. The van der Waals surface area contributed by atoms with Crippen LogP contribution >= 0.6 is 0 Å². The van der Waals surface area contributed by atoms with E-state index in [0.29, 0.717) is 12.0 Å². The van der Waals surface area contributed by atoms with Crippen LogP contribution in [0, 0.1) is 5.41 Å². The van der Waals surface area contributed by atoms with Crippen molar-refractivity contribution in [1.29, 1.82) is 0 Å². The Kier molecular flexibility index (Phi) is 3.80. The van der Waals surface area contributed by atoms with Crippen LogP contribution in [0.15, 0.2) is 24.3 Å². The van der Waals surface area contributed by atoms with Gasteiger partial charge in [-0.3, -0.25) is 0 Å². The molecule has 0 amide bonds. The third-order valence-electron chi connectivity index (χ3n) is 2.95. The van der Waals surface area contributed by atoms with Crippen molar-refractivity contribution in [2.75, 3.05) is 6.54 Å². The Morgan fingerprint density at radius 3 is 2.19 bits per heavy atom. The summed E-state index contributed by atoms with van der Waals surface area (Å²) in [5.41, 5.74) is 8.98. The summed E-state index contributed by atoms with van der Waals surface area (Å²) in [6, 6.07) is 8.84. The van der Waals surface area contributed by atoms with Gasteiger partial charge in [-0.05, 0) is 23.0 Å². The second-order valence-electron chi connectivity index (χ2n) is 6.53. The van der Waals surface area contributed by atoms with Crippen molar-refractivity contribution < 1.29 is 0 Å². The molecule has 0 saturated carbocycles. The zero-order valence-corrected chi connectivity index (χ0v) is 11.3. The first-order valence-electron chi connectivity index (χ1n) is 6.04. The van der Waals surface area contributed by atoms with E-state index in [1.807, 2.05) is 0 Å². The molecular weight excluding hydrogens is 194 g/mol. The fourth-order valence-corrected chi connectivity index (χ4v) is 1.83. The van der Waals surface area contributed by atoms with E-state index >= 15 is 0 Å². The molecule has 16 heavy (non-hydrogen) atoms. The molecule has 0 atom stereocenters. The third kappa shape index (κ3) is 3.64. The van der Waals surface area contributed by atoms with Crippen molar-refractivity contribution in [3.63, 3.8) is 0 Å². The van der Waals surface area contributed by atoms with Crippen LogP contribution in [0.3, 0.4) is 0 Å². The van der Waals surface area contributed by atoms with Crippen molar-refractivity contribution in [1.82, 2.24) is 0 Å². The van der Waals surface area contributed by atoms with E-state index in [1.54, 1.807) is 0 Å². The molecule has 0 aliphatic heterocycles. The van der Waals surface area contributed by atoms with E-state index in [9.17, 15) is 0 Å². The van der Waals surface area contributed by atoms with Crippen LogP contribution in [0.4, 0.5) is 0 Å². The number of hydrogen-bond donors (Lipinski definition) is 1. The Labute approximate surface area is 100 Å². The Bertz CT molecular complexity index is 345. The summed E-state index contributed by atoms with van der Waals surface area (Å²) < 4.78 is 0. The highest BCUT2D eigenvalue weighted by Gasteiger charge is 2.19. The third-order valence-corrected chi connectivity index (χ3v) is 2.95. The molecule has 0 radical (unpaired) electrons. The van der Waals surface area contributed by atoms with Crippen LogP contribution in [-0.2, 0) is 11.8 Å². The molecule has 0 bridgehead atoms. The molecule has 0 aliphatic rings. The molecule has 0 heterocycles. The van der Waals surface area contributed by atoms with E-state index < -0.39 is 0 Å². The molecular formula is C15H25N. The van der Waals surface area contributed by atoms with Crippen molar-refractivity contribution >= 4 is 0 Å². The average molecular weight is 219 g/mol. The molecule has 0 spiro atoms. The van der Waals surface area contributed by atoms with Crippen molar-refractivity contribution in [3.8, 4) is 0 Å². The van der Waals surface area contributed by atoms with E-state index in [0.717, 1.165) is 6.42 Å². The smallest absolute Gasteiger partial charge is 0.00191 e. The quantitative estimate of drug-likeness (QED) is 0.827. The Balaban J connectivity index is 2.96. The maximum Gasteiger partial charge on any atom is 0.00191 e. The van der Waals surface area contributed by atoms with Gasteiger partial charge in [-0.15, -0.1) is 0 Å². The fourth-order valence-electron chi connectivity index (χ4n) is 1.83. The van der Waals surface area contributed by atoms with Gasteiger partial charge in [0.15, 0.2) is 0 Å². The second-order valence-corrected chi connectivity index (χ2v) is 6.53. The Hall–Kier alpha value is -0.820. The summed E-state index contributed by atoms with van der Waals surface area (Å²) in [6.07, 6.45) is 1.11. The predicted octanol–water partition coefficient (Wildman–Crippen LogP) is 3.51. The molecule has 2 N–H and O–H groups in total. The average Bonchev–Trinajstić information content (AvgIpc) is 2.15. The van der Waals surface area contributed by atoms with E-state index in [-0.39, 0.29) is 5.41 Å². The lowest BCUT2D eigenvalue weighted by Gasteiger charge is -2.25. The molecule has 1 aromatic rings. The largest absolute Gasteiger partial charge is 0.330 e. The first kappa shape index (κ1) is 13.2. The molecule has 1 rings (SSSR count). The SMILES string of the molecule is CC(C)(C)Cc1cccc(C(C)(C)CN)c1. The van der Waals surface area contributed by atoms with Crippen molar-refractivity contribution in [2.45, 2.75) is 46.5 Å². The second kappa shape index (κ2) is 4.58. The predicted molar refractivity (Wildman–Crippen MR) is 71.7 cm³/mol. The van der Waals surface area contributed by atoms with Gasteiger partial charge in [-0.1, -0.05) is 58.9 Å². The molecule has 0 aliphatic carbocycles. The lowest BCUT2D eigenvalue weighted by Crippen LogP contribution is -2.28. The topological polar surface area (TPSA) is 26.0 Å².